The molecule has 0 rings (SSSR count). The van der Waals surface area contributed by atoms with Gasteiger partial charge in [0.05, 0.1) is 12.8 Å². The van der Waals surface area contributed by atoms with Crippen LogP contribution in [0.25, 0.3) is 0 Å². The zero-order chi connectivity index (χ0) is 19.5. The highest BCUT2D eigenvalue weighted by Crippen LogP contribution is 2.17. The van der Waals surface area contributed by atoms with Gasteiger partial charge in [-0.2, -0.15) is 0 Å². The molecule has 4 heteroatoms. The Morgan fingerprint density at radius 1 is 0.692 bits per heavy atom. The number of aliphatic carboxylic acids is 1. The van der Waals surface area contributed by atoms with Crippen LogP contribution in [0.3, 0.4) is 0 Å². The highest BCUT2D eigenvalue weighted by atomic mass is 16.5. The lowest BCUT2D eigenvalue weighted by Crippen LogP contribution is -2.19. The number of ether oxygens (including phenoxy) is 1. The van der Waals surface area contributed by atoms with E-state index >= 15 is 0 Å². The number of hydrogen-bond donors (Lipinski definition) is 1. The number of unbranched alkanes of at least 4 members (excludes halogenated alkanes) is 11. The van der Waals surface area contributed by atoms with Crippen molar-refractivity contribution in [3.05, 3.63) is 0 Å². The average molecular weight is 371 g/mol. The molecule has 0 amide bonds. The molecule has 0 radical (unpaired) electrons. The number of carboxylic acid groups (broad SMARTS) is 1. The fraction of sp³-hybridized carbons (Fsp3) is 0.909. The molecule has 0 aromatic rings. The fourth-order valence-electron chi connectivity index (χ4n) is 3.20. The molecule has 0 saturated heterocycles. The van der Waals surface area contributed by atoms with Gasteiger partial charge in [0.25, 0.3) is 0 Å². The molecular weight excluding hydrogens is 328 g/mol. The van der Waals surface area contributed by atoms with Crippen LogP contribution >= 0.6 is 0 Å². The molecule has 0 aliphatic carbocycles. The lowest BCUT2D eigenvalue weighted by molar-refractivity contribution is -0.152. The zero-order valence-corrected chi connectivity index (χ0v) is 17.3. The molecule has 1 unspecified atom stereocenters. The third kappa shape index (κ3) is 17.8. The maximum absolute atomic E-state index is 11.9. The minimum atomic E-state index is -0.943. The lowest BCUT2D eigenvalue weighted by Gasteiger charge is -2.18. The molecular formula is C22H42O4. The summed E-state index contributed by atoms with van der Waals surface area (Å²) in [6.07, 6.45) is 17.8. The molecule has 0 saturated carbocycles. The first-order valence-corrected chi connectivity index (χ1v) is 11.0. The first kappa shape index (κ1) is 24.9. The largest absolute Gasteiger partial charge is 0.481 e. The van der Waals surface area contributed by atoms with Crippen molar-refractivity contribution in [2.45, 2.75) is 129 Å². The molecule has 0 heterocycles. The summed E-state index contributed by atoms with van der Waals surface area (Å²) >= 11 is 0. The second kappa shape index (κ2) is 18.7. The van der Waals surface area contributed by atoms with Crippen molar-refractivity contribution in [3.8, 4) is 0 Å². The van der Waals surface area contributed by atoms with Crippen LogP contribution in [0.4, 0.5) is 0 Å². The molecule has 1 atom stereocenters. The standard InChI is InChI=1S/C22H42O4/c1-3-5-7-9-11-13-15-17-20(16-14-12-10-8-6-4-2)26-22(25)19-18-21(23)24/h20H,3-19H2,1-2H3,(H,23,24). The smallest absolute Gasteiger partial charge is 0.306 e. The predicted molar refractivity (Wildman–Crippen MR) is 107 cm³/mol. The average Bonchev–Trinajstić information content (AvgIpc) is 2.61. The van der Waals surface area contributed by atoms with Crippen LogP contribution in [0, 0.1) is 0 Å². The number of carbonyl (C=O) groups excluding carboxylic acids is 1. The van der Waals surface area contributed by atoms with Gasteiger partial charge >= 0.3 is 11.9 Å². The molecule has 0 aromatic carbocycles. The van der Waals surface area contributed by atoms with Gasteiger partial charge in [0.15, 0.2) is 0 Å². The number of carbonyl (C=O) groups is 2. The van der Waals surface area contributed by atoms with Gasteiger partial charge < -0.3 is 9.84 Å². The summed E-state index contributed by atoms with van der Waals surface area (Å²) in [5, 5.41) is 8.69. The SMILES string of the molecule is CCCCCCCCCC(CCCCCCCC)OC(=O)CCC(=O)O. The Morgan fingerprint density at radius 3 is 1.54 bits per heavy atom. The number of rotatable bonds is 19. The van der Waals surface area contributed by atoms with Crippen LogP contribution < -0.4 is 0 Å². The Kier molecular flexibility index (Phi) is 18.0. The van der Waals surface area contributed by atoms with Gasteiger partial charge in [-0.15, -0.1) is 0 Å². The Morgan fingerprint density at radius 2 is 1.12 bits per heavy atom. The quantitative estimate of drug-likeness (QED) is 0.204. The summed E-state index contributed by atoms with van der Waals surface area (Å²) in [6, 6.07) is 0. The highest BCUT2D eigenvalue weighted by molar-refractivity contribution is 5.76. The Hall–Kier alpha value is -1.06. The third-order valence-electron chi connectivity index (χ3n) is 4.85. The Bertz CT molecular complexity index is 341. The third-order valence-corrected chi connectivity index (χ3v) is 4.85. The van der Waals surface area contributed by atoms with E-state index in [9.17, 15) is 9.59 Å². The van der Waals surface area contributed by atoms with Crippen LogP contribution in [0.5, 0.6) is 0 Å². The van der Waals surface area contributed by atoms with E-state index in [1.807, 2.05) is 0 Å². The normalized spacial score (nSPS) is 12.1. The summed E-state index contributed by atoms with van der Waals surface area (Å²) in [4.78, 5) is 22.5. The van der Waals surface area contributed by atoms with Gasteiger partial charge in [0.2, 0.25) is 0 Å². The van der Waals surface area contributed by atoms with Crippen LogP contribution in [-0.2, 0) is 14.3 Å². The van der Waals surface area contributed by atoms with E-state index in [-0.39, 0.29) is 24.9 Å². The second-order valence-corrected chi connectivity index (χ2v) is 7.47. The molecule has 0 spiro atoms. The topological polar surface area (TPSA) is 63.6 Å². The Labute approximate surface area is 161 Å². The molecule has 0 fully saturated rings. The van der Waals surface area contributed by atoms with Gasteiger partial charge in [0, 0.05) is 0 Å². The van der Waals surface area contributed by atoms with Crippen LogP contribution in [0.1, 0.15) is 123 Å². The van der Waals surface area contributed by atoms with Crippen molar-refractivity contribution in [2.75, 3.05) is 0 Å². The van der Waals surface area contributed by atoms with Crippen molar-refractivity contribution < 1.29 is 19.4 Å². The fourth-order valence-corrected chi connectivity index (χ4v) is 3.20. The van der Waals surface area contributed by atoms with Gasteiger partial charge in [-0.1, -0.05) is 84.5 Å². The lowest BCUT2D eigenvalue weighted by atomic mass is 10.0. The van der Waals surface area contributed by atoms with Crippen molar-refractivity contribution in [3.63, 3.8) is 0 Å². The van der Waals surface area contributed by atoms with Crippen LogP contribution in [0.2, 0.25) is 0 Å². The minimum Gasteiger partial charge on any atom is -0.481 e. The van der Waals surface area contributed by atoms with Gasteiger partial charge in [-0.3, -0.25) is 9.59 Å². The molecule has 154 valence electrons. The monoisotopic (exact) mass is 370 g/mol. The molecule has 4 nitrogen and oxygen atoms in total. The summed E-state index contributed by atoms with van der Waals surface area (Å²) in [6.45, 7) is 4.44. The number of hydrogen-bond acceptors (Lipinski definition) is 3. The Balaban J connectivity index is 4.02. The molecule has 0 aliphatic rings. The molecule has 0 aliphatic heterocycles. The van der Waals surface area contributed by atoms with Crippen molar-refractivity contribution in [1.82, 2.24) is 0 Å². The molecule has 0 bridgehead atoms. The minimum absolute atomic E-state index is 0.0145. The predicted octanol–water partition coefficient (Wildman–Crippen LogP) is 6.65. The first-order valence-electron chi connectivity index (χ1n) is 11.0. The van der Waals surface area contributed by atoms with E-state index in [1.54, 1.807) is 0 Å². The summed E-state index contributed by atoms with van der Waals surface area (Å²) < 4.78 is 5.57. The van der Waals surface area contributed by atoms with E-state index in [0.717, 1.165) is 25.7 Å². The van der Waals surface area contributed by atoms with Gasteiger partial charge in [-0.25, -0.2) is 0 Å². The van der Waals surface area contributed by atoms with E-state index in [4.69, 9.17) is 9.84 Å². The summed E-state index contributed by atoms with van der Waals surface area (Å²) in [5.41, 5.74) is 0. The zero-order valence-electron chi connectivity index (χ0n) is 17.3. The maximum atomic E-state index is 11.9. The van der Waals surface area contributed by atoms with Crippen LogP contribution in [-0.4, -0.2) is 23.1 Å². The van der Waals surface area contributed by atoms with E-state index in [0.29, 0.717) is 0 Å². The second-order valence-electron chi connectivity index (χ2n) is 7.47. The maximum Gasteiger partial charge on any atom is 0.306 e. The molecule has 1 N–H and O–H groups in total. The van der Waals surface area contributed by atoms with Gasteiger partial charge in [0.1, 0.15) is 6.10 Å². The summed E-state index contributed by atoms with van der Waals surface area (Å²) in [5.74, 6) is -1.30. The molecule has 0 aromatic heterocycles. The number of esters is 1. The van der Waals surface area contributed by atoms with Crippen molar-refractivity contribution >= 4 is 11.9 Å². The highest BCUT2D eigenvalue weighted by Gasteiger charge is 2.15. The first-order chi connectivity index (χ1) is 12.6. The summed E-state index contributed by atoms with van der Waals surface area (Å²) in [7, 11) is 0. The van der Waals surface area contributed by atoms with Gasteiger partial charge in [-0.05, 0) is 25.7 Å². The number of carboxylic acids is 1. The van der Waals surface area contributed by atoms with Crippen LogP contribution in [0.15, 0.2) is 0 Å². The molecule has 26 heavy (non-hydrogen) atoms. The van der Waals surface area contributed by atoms with E-state index in [2.05, 4.69) is 13.8 Å². The van der Waals surface area contributed by atoms with Crippen molar-refractivity contribution in [1.29, 1.82) is 0 Å². The van der Waals surface area contributed by atoms with E-state index < -0.39 is 5.97 Å². The van der Waals surface area contributed by atoms with E-state index in [1.165, 1.54) is 70.6 Å². The van der Waals surface area contributed by atoms with Crippen molar-refractivity contribution in [2.24, 2.45) is 0 Å².